The van der Waals surface area contributed by atoms with Gasteiger partial charge in [0.1, 0.15) is 4.90 Å². The summed E-state index contributed by atoms with van der Waals surface area (Å²) in [5, 5.41) is 12.3. The monoisotopic (exact) mass is 340 g/mol. The Kier molecular flexibility index (Phi) is 5.83. The Bertz CT molecular complexity index is 694. The van der Waals surface area contributed by atoms with E-state index in [4.69, 9.17) is 5.11 Å². The highest BCUT2D eigenvalue weighted by atomic mass is 32.2. The van der Waals surface area contributed by atoms with Gasteiger partial charge in [-0.2, -0.15) is 5.10 Å². The maximum Gasteiger partial charge on any atom is 0.305 e. The number of sulfonamides is 2. The van der Waals surface area contributed by atoms with Crippen molar-refractivity contribution in [2.45, 2.75) is 17.9 Å². The fourth-order valence-electron chi connectivity index (χ4n) is 1.31. The summed E-state index contributed by atoms with van der Waals surface area (Å²) in [6.45, 7) is -0.245. The maximum absolute atomic E-state index is 11.9. The Balaban J connectivity index is 2.64. The van der Waals surface area contributed by atoms with E-state index in [-0.39, 0.29) is 24.4 Å². The van der Waals surface area contributed by atoms with Crippen LogP contribution in [0.4, 0.5) is 0 Å². The molecule has 120 valence electrons. The van der Waals surface area contributed by atoms with Crippen LogP contribution in [0.1, 0.15) is 6.42 Å². The van der Waals surface area contributed by atoms with Crippen LogP contribution in [0.3, 0.4) is 0 Å². The molecule has 0 fully saturated rings. The number of carbonyl (C=O) groups is 1. The number of nitrogens with zero attached hydrogens (tertiary/aromatic N) is 2. The topological polar surface area (TPSA) is 147 Å². The molecule has 0 aliphatic rings. The summed E-state index contributed by atoms with van der Waals surface area (Å²) in [5.74, 6) is -1.42. The van der Waals surface area contributed by atoms with Gasteiger partial charge in [-0.3, -0.25) is 9.48 Å². The van der Waals surface area contributed by atoms with E-state index >= 15 is 0 Å². The minimum absolute atomic E-state index is 0.0407. The maximum atomic E-state index is 11.9. The summed E-state index contributed by atoms with van der Waals surface area (Å²) in [7, 11) is -6.15. The Hall–Kier alpha value is -1.50. The van der Waals surface area contributed by atoms with Crippen LogP contribution >= 0.6 is 0 Å². The van der Waals surface area contributed by atoms with E-state index in [1.807, 2.05) is 0 Å². The van der Waals surface area contributed by atoms with Crippen molar-refractivity contribution >= 4 is 26.0 Å². The van der Waals surface area contributed by atoms with Crippen molar-refractivity contribution in [1.29, 1.82) is 0 Å². The summed E-state index contributed by atoms with van der Waals surface area (Å²) in [6, 6.07) is 0. The minimum Gasteiger partial charge on any atom is -0.481 e. The molecule has 1 heterocycles. The molecule has 21 heavy (non-hydrogen) atoms. The molecule has 12 heteroatoms. The van der Waals surface area contributed by atoms with Crippen LogP contribution in [-0.2, 0) is 31.4 Å². The van der Waals surface area contributed by atoms with Gasteiger partial charge in [0.05, 0.1) is 24.9 Å². The second-order valence-electron chi connectivity index (χ2n) is 4.00. The molecule has 0 radical (unpaired) electrons. The number of carboxylic acid groups (broad SMARTS) is 1. The summed E-state index contributed by atoms with van der Waals surface area (Å²) in [6.07, 6.45) is 2.06. The quantitative estimate of drug-likeness (QED) is 0.479. The van der Waals surface area contributed by atoms with Gasteiger partial charge in [-0.1, -0.05) is 0 Å². The Morgan fingerprint density at radius 1 is 1.38 bits per heavy atom. The van der Waals surface area contributed by atoms with E-state index in [0.717, 1.165) is 6.20 Å². The predicted molar refractivity (Wildman–Crippen MR) is 72.5 cm³/mol. The summed E-state index contributed by atoms with van der Waals surface area (Å²) in [5.41, 5.74) is 0. The molecule has 0 atom stereocenters. The van der Waals surface area contributed by atoms with Crippen molar-refractivity contribution in [3.63, 3.8) is 0 Å². The van der Waals surface area contributed by atoms with Crippen molar-refractivity contribution in [1.82, 2.24) is 19.2 Å². The first-order valence-electron chi connectivity index (χ1n) is 5.81. The van der Waals surface area contributed by atoms with Gasteiger partial charge in [0.2, 0.25) is 20.0 Å². The Labute approximate surface area is 122 Å². The SMILES string of the molecule is CNS(=O)(=O)CCNS(=O)(=O)c1cnn(CCC(=O)O)c1. The normalized spacial score (nSPS) is 12.4. The van der Waals surface area contributed by atoms with Crippen molar-refractivity contribution in [3.8, 4) is 0 Å². The number of aromatic nitrogens is 2. The van der Waals surface area contributed by atoms with E-state index in [2.05, 4.69) is 14.5 Å². The summed E-state index contributed by atoms with van der Waals surface area (Å²) >= 11 is 0. The molecular formula is C9H16N4O6S2. The minimum atomic E-state index is -3.88. The van der Waals surface area contributed by atoms with E-state index in [9.17, 15) is 21.6 Å². The van der Waals surface area contributed by atoms with Crippen molar-refractivity contribution in [2.75, 3.05) is 19.3 Å². The average molecular weight is 340 g/mol. The van der Waals surface area contributed by atoms with Crippen LogP contribution in [0.15, 0.2) is 17.3 Å². The van der Waals surface area contributed by atoms with Gasteiger partial charge in [-0.05, 0) is 7.05 Å². The first kappa shape index (κ1) is 17.6. The smallest absolute Gasteiger partial charge is 0.305 e. The fraction of sp³-hybridized carbons (Fsp3) is 0.556. The van der Waals surface area contributed by atoms with Gasteiger partial charge < -0.3 is 5.11 Å². The van der Waals surface area contributed by atoms with Gasteiger partial charge in [-0.25, -0.2) is 26.3 Å². The van der Waals surface area contributed by atoms with Gasteiger partial charge in [-0.15, -0.1) is 0 Å². The highest BCUT2D eigenvalue weighted by molar-refractivity contribution is 7.90. The fourth-order valence-corrected chi connectivity index (χ4v) is 3.00. The largest absolute Gasteiger partial charge is 0.481 e. The first-order chi connectivity index (χ1) is 9.66. The average Bonchev–Trinajstić information content (AvgIpc) is 2.85. The second kappa shape index (κ2) is 6.98. The molecule has 0 saturated heterocycles. The molecular weight excluding hydrogens is 324 g/mol. The molecule has 1 aromatic rings. The lowest BCUT2D eigenvalue weighted by molar-refractivity contribution is -0.137. The van der Waals surface area contributed by atoms with Crippen LogP contribution in [0, 0.1) is 0 Å². The zero-order valence-corrected chi connectivity index (χ0v) is 12.8. The molecule has 1 rings (SSSR count). The third kappa shape index (κ3) is 5.79. The zero-order chi connectivity index (χ0) is 16.1. The van der Waals surface area contributed by atoms with Crippen LogP contribution in [0.2, 0.25) is 0 Å². The van der Waals surface area contributed by atoms with Crippen molar-refractivity contribution in [3.05, 3.63) is 12.4 Å². The van der Waals surface area contributed by atoms with Crippen LogP contribution in [0.5, 0.6) is 0 Å². The number of hydrogen-bond acceptors (Lipinski definition) is 6. The van der Waals surface area contributed by atoms with Crippen LogP contribution in [0.25, 0.3) is 0 Å². The second-order valence-corrected chi connectivity index (χ2v) is 7.82. The number of aryl methyl sites for hydroxylation is 1. The molecule has 0 bridgehead atoms. The number of hydrogen-bond donors (Lipinski definition) is 3. The lowest BCUT2D eigenvalue weighted by Gasteiger charge is -2.05. The van der Waals surface area contributed by atoms with Crippen molar-refractivity contribution < 1.29 is 26.7 Å². The molecule has 0 amide bonds. The standard InChI is InChI=1S/C9H16N4O6S2/c1-10-20(16,17)5-3-12-21(18,19)8-6-11-13(7-8)4-2-9(14)15/h6-7,10,12H,2-5H2,1H3,(H,14,15). The van der Waals surface area contributed by atoms with Gasteiger partial charge in [0.25, 0.3) is 0 Å². The molecule has 3 N–H and O–H groups in total. The number of rotatable bonds is 9. The number of aliphatic carboxylic acids is 1. The lowest BCUT2D eigenvalue weighted by atomic mass is 10.4. The molecule has 0 unspecified atom stereocenters. The van der Waals surface area contributed by atoms with Crippen molar-refractivity contribution in [2.24, 2.45) is 0 Å². The molecule has 0 saturated carbocycles. The Morgan fingerprint density at radius 3 is 2.62 bits per heavy atom. The predicted octanol–water partition coefficient (Wildman–Crippen LogP) is -1.81. The van der Waals surface area contributed by atoms with Crippen LogP contribution < -0.4 is 9.44 Å². The molecule has 0 spiro atoms. The van der Waals surface area contributed by atoms with E-state index in [1.165, 1.54) is 17.9 Å². The van der Waals surface area contributed by atoms with E-state index < -0.39 is 31.8 Å². The third-order valence-corrected chi connectivity index (χ3v) is 5.23. The molecule has 1 aromatic heterocycles. The number of carboxylic acids is 1. The van der Waals surface area contributed by atoms with Gasteiger partial charge in [0.15, 0.2) is 0 Å². The van der Waals surface area contributed by atoms with Gasteiger partial charge >= 0.3 is 5.97 Å². The highest BCUT2D eigenvalue weighted by Gasteiger charge is 2.17. The summed E-state index contributed by atoms with van der Waals surface area (Å²) < 4.78 is 51.4. The van der Waals surface area contributed by atoms with Gasteiger partial charge in [0, 0.05) is 12.7 Å². The number of nitrogens with one attached hydrogen (secondary N) is 2. The highest BCUT2D eigenvalue weighted by Crippen LogP contribution is 2.07. The molecule has 10 nitrogen and oxygen atoms in total. The molecule has 0 aliphatic heterocycles. The Morgan fingerprint density at radius 2 is 2.05 bits per heavy atom. The van der Waals surface area contributed by atoms with E-state index in [1.54, 1.807) is 0 Å². The van der Waals surface area contributed by atoms with Crippen LogP contribution in [-0.4, -0.2) is 57.0 Å². The lowest BCUT2D eigenvalue weighted by Crippen LogP contribution is -2.32. The molecule has 0 aliphatic carbocycles. The van der Waals surface area contributed by atoms with E-state index in [0.29, 0.717) is 0 Å². The zero-order valence-electron chi connectivity index (χ0n) is 11.2. The summed E-state index contributed by atoms with van der Waals surface area (Å²) in [4.78, 5) is 10.2. The molecule has 0 aromatic carbocycles. The first-order valence-corrected chi connectivity index (χ1v) is 8.95. The third-order valence-electron chi connectivity index (χ3n) is 2.45.